The summed E-state index contributed by atoms with van der Waals surface area (Å²) in [6.45, 7) is 1.57. The number of nitrogens with zero attached hydrogens (tertiary/aromatic N) is 1. The first-order valence-corrected chi connectivity index (χ1v) is 10.0. The van der Waals surface area contributed by atoms with E-state index in [-0.39, 0.29) is 30.1 Å². The lowest BCUT2D eigenvalue weighted by molar-refractivity contribution is 0.0599. The molecule has 26 heavy (non-hydrogen) atoms. The number of carbonyl (C=O) groups excluding carboxylic acids is 1. The largest absolute Gasteiger partial charge is 0.455 e. The highest BCUT2D eigenvalue weighted by Crippen LogP contribution is 2.25. The molecule has 1 aliphatic rings. The number of hydrogen-bond acceptors (Lipinski definition) is 5. The monoisotopic (exact) mass is 381 g/mol. The fourth-order valence-electron chi connectivity index (χ4n) is 2.89. The normalized spacial score (nSPS) is 18.1. The third-order valence-corrected chi connectivity index (χ3v) is 4.79. The molecule has 0 spiro atoms. The molecule has 1 fully saturated rings. The maximum Gasteiger partial charge on any atom is 0.290 e. The molecule has 1 aliphatic heterocycles. The predicted molar refractivity (Wildman–Crippen MR) is 93.4 cm³/mol. The number of furan rings is 1. The molecular weight excluding hydrogens is 361 g/mol. The van der Waals surface area contributed by atoms with Gasteiger partial charge in [-0.25, -0.2) is 17.5 Å². The SMILES string of the molecule is CS(=O)(=O)NCc1ccc(C(=O)N2CCNCC2c2cccc(F)c2)o1. The molecule has 2 N–H and O–H groups in total. The van der Waals surface area contributed by atoms with Crippen molar-refractivity contribution in [2.24, 2.45) is 0 Å². The van der Waals surface area contributed by atoms with Crippen molar-refractivity contribution in [3.05, 3.63) is 59.3 Å². The highest BCUT2D eigenvalue weighted by Gasteiger charge is 2.30. The van der Waals surface area contributed by atoms with E-state index >= 15 is 0 Å². The van der Waals surface area contributed by atoms with Crippen LogP contribution in [0.1, 0.15) is 27.9 Å². The van der Waals surface area contributed by atoms with Crippen LogP contribution in [0.15, 0.2) is 40.8 Å². The summed E-state index contributed by atoms with van der Waals surface area (Å²) >= 11 is 0. The number of hydrogen-bond donors (Lipinski definition) is 2. The molecule has 140 valence electrons. The molecule has 2 aromatic rings. The van der Waals surface area contributed by atoms with Gasteiger partial charge in [-0.05, 0) is 29.8 Å². The molecule has 0 aliphatic carbocycles. The zero-order valence-corrected chi connectivity index (χ0v) is 15.1. The summed E-state index contributed by atoms with van der Waals surface area (Å²) in [6.07, 6.45) is 1.05. The summed E-state index contributed by atoms with van der Waals surface area (Å²) in [5.74, 6) is -0.200. The summed E-state index contributed by atoms with van der Waals surface area (Å²) in [4.78, 5) is 14.5. The van der Waals surface area contributed by atoms with Gasteiger partial charge in [-0.1, -0.05) is 12.1 Å². The van der Waals surface area contributed by atoms with Gasteiger partial charge in [0, 0.05) is 19.6 Å². The van der Waals surface area contributed by atoms with Gasteiger partial charge in [-0.3, -0.25) is 4.79 Å². The van der Waals surface area contributed by atoms with Gasteiger partial charge in [0.15, 0.2) is 5.76 Å². The second kappa shape index (κ2) is 7.56. The summed E-state index contributed by atoms with van der Waals surface area (Å²) < 4.78 is 43.7. The highest BCUT2D eigenvalue weighted by atomic mass is 32.2. The van der Waals surface area contributed by atoms with Crippen molar-refractivity contribution in [2.45, 2.75) is 12.6 Å². The van der Waals surface area contributed by atoms with Crippen LogP contribution in [-0.4, -0.2) is 45.1 Å². The fourth-order valence-corrected chi connectivity index (χ4v) is 3.30. The summed E-state index contributed by atoms with van der Waals surface area (Å²) in [5.41, 5.74) is 0.705. The first kappa shape index (κ1) is 18.6. The van der Waals surface area contributed by atoms with E-state index in [0.717, 1.165) is 6.26 Å². The maximum atomic E-state index is 13.6. The number of halogens is 1. The minimum atomic E-state index is -3.35. The molecule has 0 radical (unpaired) electrons. The van der Waals surface area contributed by atoms with E-state index in [1.54, 1.807) is 23.1 Å². The van der Waals surface area contributed by atoms with Crippen LogP contribution < -0.4 is 10.0 Å². The van der Waals surface area contributed by atoms with Crippen LogP contribution in [0.2, 0.25) is 0 Å². The lowest BCUT2D eigenvalue weighted by Gasteiger charge is -2.36. The molecule has 9 heteroatoms. The van der Waals surface area contributed by atoms with E-state index < -0.39 is 10.0 Å². The Morgan fingerprint density at radius 1 is 1.38 bits per heavy atom. The van der Waals surface area contributed by atoms with Gasteiger partial charge in [0.1, 0.15) is 11.6 Å². The second-order valence-corrected chi connectivity index (χ2v) is 7.97. The zero-order valence-electron chi connectivity index (χ0n) is 14.2. The molecule has 1 aromatic heterocycles. The first-order valence-electron chi connectivity index (χ1n) is 8.14. The molecule has 7 nitrogen and oxygen atoms in total. The average molecular weight is 381 g/mol. The van der Waals surface area contributed by atoms with Crippen LogP contribution in [0.3, 0.4) is 0 Å². The molecule has 0 saturated carbocycles. The van der Waals surface area contributed by atoms with Gasteiger partial charge < -0.3 is 14.6 Å². The highest BCUT2D eigenvalue weighted by molar-refractivity contribution is 7.88. The Hall–Kier alpha value is -2.23. The molecule has 1 unspecified atom stereocenters. The lowest BCUT2D eigenvalue weighted by Crippen LogP contribution is -2.48. The number of amides is 1. The maximum absolute atomic E-state index is 13.6. The summed E-state index contributed by atoms with van der Waals surface area (Å²) in [6, 6.07) is 8.95. The molecule has 1 saturated heterocycles. The van der Waals surface area contributed by atoms with E-state index in [2.05, 4.69) is 10.0 Å². The quantitative estimate of drug-likeness (QED) is 0.814. The van der Waals surface area contributed by atoms with Gasteiger partial charge in [-0.15, -0.1) is 0 Å². The van der Waals surface area contributed by atoms with Crippen molar-refractivity contribution in [2.75, 3.05) is 25.9 Å². The van der Waals surface area contributed by atoms with Gasteiger partial charge in [0.2, 0.25) is 10.0 Å². The van der Waals surface area contributed by atoms with Crippen LogP contribution in [0.5, 0.6) is 0 Å². The third kappa shape index (κ3) is 4.48. The number of nitrogens with one attached hydrogen (secondary N) is 2. The number of sulfonamides is 1. The Kier molecular flexibility index (Phi) is 5.40. The van der Waals surface area contributed by atoms with E-state index in [1.165, 1.54) is 18.2 Å². The smallest absolute Gasteiger partial charge is 0.290 e. The third-order valence-electron chi connectivity index (χ3n) is 4.12. The van der Waals surface area contributed by atoms with Crippen LogP contribution in [0.25, 0.3) is 0 Å². The van der Waals surface area contributed by atoms with Crippen molar-refractivity contribution in [3.8, 4) is 0 Å². The lowest BCUT2D eigenvalue weighted by atomic mass is 10.0. The number of rotatable bonds is 5. The Balaban J connectivity index is 1.78. The van der Waals surface area contributed by atoms with Crippen LogP contribution in [0.4, 0.5) is 4.39 Å². The molecule has 2 heterocycles. The van der Waals surface area contributed by atoms with Crippen LogP contribution >= 0.6 is 0 Å². The van der Waals surface area contributed by atoms with Gasteiger partial charge in [0.05, 0.1) is 18.8 Å². The van der Waals surface area contributed by atoms with Crippen molar-refractivity contribution in [1.29, 1.82) is 0 Å². The first-order chi connectivity index (χ1) is 12.3. The second-order valence-electron chi connectivity index (χ2n) is 6.13. The molecule has 0 bridgehead atoms. The van der Waals surface area contributed by atoms with E-state index in [9.17, 15) is 17.6 Å². The number of benzene rings is 1. The molecule has 1 aromatic carbocycles. The standard InChI is InChI=1S/C17H20FN3O4S/c1-26(23,24)20-10-14-5-6-16(25-14)17(22)21-8-7-19-11-15(21)12-3-2-4-13(18)9-12/h2-6,9,15,19-20H,7-8,10-11H2,1H3. The Labute approximate surface area is 151 Å². The predicted octanol–water partition coefficient (Wildman–Crippen LogP) is 1.25. The Morgan fingerprint density at radius 2 is 2.19 bits per heavy atom. The summed E-state index contributed by atoms with van der Waals surface area (Å²) in [5, 5.41) is 3.21. The van der Waals surface area contributed by atoms with Gasteiger partial charge in [-0.2, -0.15) is 0 Å². The van der Waals surface area contributed by atoms with E-state index in [0.29, 0.717) is 31.0 Å². The number of piperazine rings is 1. The van der Waals surface area contributed by atoms with Gasteiger partial charge >= 0.3 is 0 Å². The Morgan fingerprint density at radius 3 is 2.92 bits per heavy atom. The summed E-state index contributed by atoms with van der Waals surface area (Å²) in [7, 11) is -3.35. The zero-order chi connectivity index (χ0) is 18.7. The number of carbonyl (C=O) groups is 1. The van der Waals surface area contributed by atoms with Crippen LogP contribution in [0, 0.1) is 5.82 Å². The van der Waals surface area contributed by atoms with Crippen molar-refractivity contribution >= 4 is 15.9 Å². The average Bonchev–Trinajstić information content (AvgIpc) is 3.08. The van der Waals surface area contributed by atoms with E-state index in [4.69, 9.17) is 4.42 Å². The fraction of sp³-hybridized carbons (Fsp3) is 0.353. The van der Waals surface area contributed by atoms with Gasteiger partial charge in [0.25, 0.3) is 5.91 Å². The van der Waals surface area contributed by atoms with E-state index in [1.807, 2.05) is 0 Å². The molecular formula is C17H20FN3O4S. The minimum Gasteiger partial charge on any atom is -0.455 e. The van der Waals surface area contributed by atoms with Crippen molar-refractivity contribution < 1.29 is 22.0 Å². The van der Waals surface area contributed by atoms with Crippen molar-refractivity contribution in [1.82, 2.24) is 14.9 Å². The van der Waals surface area contributed by atoms with Crippen LogP contribution in [-0.2, 0) is 16.6 Å². The molecule has 3 rings (SSSR count). The van der Waals surface area contributed by atoms with Crippen molar-refractivity contribution in [3.63, 3.8) is 0 Å². The molecule has 1 amide bonds. The topological polar surface area (TPSA) is 91.7 Å². The minimum absolute atomic E-state index is 0.0268. The molecule has 1 atom stereocenters. The Bertz CT molecular complexity index is 897.